The van der Waals surface area contributed by atoms with E-state index in [2.05, 4.69) is 12.2 Å². The Morgan fingerprint density at radius 3 is 2.89 bits per heavy atom. The highest BCUT2D eigenvalue weighted by Crippen LogP contribution is 2.32. The number of halogens is 1. The van der Waals surface area contributed by atoms with Gasteiger partial charge in [-0.15, -0.1) is 0 Å². The molecule has 2 atom stereocenters. The maximum atomic E-state index is 6.10. The zero-order valence-electron chi connectivity index (χ0n) is 10.9. The van der Waals surface area contributed by atoms with Crippen LogP contribution in [0.4, 0.5) is 0 Å². The van der Waals surface area contributed by atoms with Crippen LogP contribution in [0.15, 0.2) is 18.2 Å². The van der Waals surface area contributed by atoms with Crippen LogP contribution in [-0.4, -0.2) is 26.3 Å². The fraction of sp³-hybridized carbons (Fsp3) is 0.571. The van der Waals surface area contributed by atoms with E-state index in [1.807, 2.05) is 12.1 Å². The van der Waals surface area contributed by atoms with Gasteiger partial charge in [-0.2, -0.15) is 0 Å². The molecule has 100 valence electrons. The number of methoxy groups -OCH3 is 1. The first-order valence-electron chi connectivity index (χ1n) is 6.45. The van der Waals surface area contributed by atoms with E-state index in [4.69, 9.17) is 21.1 Å². The van der Waals surface area contributed by atoms with Crippen molar-refractivity contribution in [1.82, 2.24) is 5.32 Å². The van der Waals surface area contributed by atoms with Crippen LogP contribution in [0.1, 0.15) is 19.8 Å². The summed E-state index contributed by atoms with van der Waals surface area (Å²) in [6.07, 6.45) is 2.40. The predicted octanol–water partition coefficient (Wildman–Crippen LogP) is 3.12. The van der Waals surface area contributed by atoms with Gasteiger partial charge in [0.1, 0.15) is 6.10 Å². The first-order chi connectivity index (χ1) is 8.74. The molecule has 0 aromatic heterocycles. The molecular formula is C14H20ClNO2. The van der Waals surface area contributed by atoms with Crippen molar-refractivity contribution in [1.29, 1.82) is 0 Å². The summed E-state index contributed by atoms with van der Waals surface area (Å²) < 4.78 is 11.4. The highest BCUT2D eigenvalue weighted by molar-refractivity contribution is 6.30. The molecule has 0 bridgehead atoms. The van der Waals surface area contributed by atoms with Crippen LogP contribution in [-0.2, 0) is 0 Å². The van der Waals surface area contributed by atoms with Gasteiger partial charge in [-0.3, -0.25) is 0 Å². The molecule has 1 fully saturated rings. The molecule has 1 N–H and O–H groups in total. The van der Waals surface area contributed by atoms with Crippen molar-refractivity contribution in [2.45, 2.75) is 25.9 Å². The van der Waals surface area contributed by atoms with Crippen LogP contribution >= 0.6 is 11.6 Å². The van der Waals surface area contributed by atoms with E-state index in [1.165, 1.54) is 6.42 Å². The van der Waals surface area contributed by atoms with Gasteiger partial charge >= 0.3 is 0 Å². The predicted molar refractivity (Wildman–Crippen MR) is 73.7 cm³/mol. The molecule has 1 saturated heterocycles. The van der Waals surface area contributed by atoms with E-state index in [-0.39, 0.29) is 6.10 Å². The van der Waals surface area contributed by atoms with Gasteiger partial charge in [0.2, 0.25) is 0 Å². The number of nitrogens with one attached hydrogen (secondary N) is 1. The Bertz CT molecular complexity index is 391. The third-order valence-electron chi connectivity index (χ3n) is 3.43. The van der Waals surface area contributed by atoms with Crippen molar-refractivity contribution in [3.8, 4) is 11.5 Å². The van der Waals surface area contributed by atoms with Crippen LogP contribution < -0.4 is 14.8 Å². The fourth-order valence-corrected chi connectivity index (χ4v) is 2.57. The molecule has 18 heavy (non-hydrogen) atoms. The molecule has 3 nitrogen and oxygen atoms in total. The van der Waals surface area contributed by atoms with Crippen molar-refractivity contribution >= 4 is 11.6 Å². The third kappa shape index (κ3) is 3.09. The topological polar surface area (TPSA) is 30.5 Å². The van der Waals surface area contributed by atoms with Crippen LogP contribution in [0, 0.1) is 5.92 Å². The maximum Gasteiger partial charge on any atom is 0.162 e. The second-order valence-corrected chi connectivity index (χ2v) is 5.05. The first-order valence-corrected chi connectivity index (χ1v) is 6.83. The summed E-state index contributed by atoms with van der Waals surface area (Å²) in [5, 5.41) is 4.04. The van der Waals surface area contributed by atoms with Crippen molar-refractivity contribution in [2.75, 3.05) is 20.2 Å². The Balaban J connectivity index is 2.10. The minimum atomic E-state index is 0.232. The lowest BCUT2D eigenvalue weighted by atomic mass is 9.99. The number of benzene rings is 1. The number of hydrogen-bond donors (Lipinski definition) is 1. The van der Waals surface area contributed by atoms with Crippen molar-refractivity contribution < 1.29 is 9.47 Å². The van der Waals surface area contributed by atoms with Gasteiger partial charge in [0.25, 0.3) is 0 Å². The van der Waals surface area contributed by atoms with Crippen LogP contribution in [0.5, 0.6) is 11.5 Å². The van der Waals surface area contributed by atoms with Gasteiger partial charge in [0, 0.05) is 23.6 Å². The molecule has 1 heterocycles. The van der Waals surface area contributed by atoms with E-state index < -0.39 is 0 Å². The van der Waals surface area contributed by atoms with Crippen molar-refractivity contribution in [3.05, 3.63) is 23.2 Å². The van der Waals surface area contributed by atoms with Crippen LogP contribution in [0.3, 0.4) is 0 Å². The van der Waals surface area contributed by atoms with Gasteiger partial charge < -0.3 is 14.8 Å². The average molecular weight is 270 g/mol. The summed E-state index contributed by atoms with van der Waals surface area (Å²) in [6.45, 7) is 4.28. The van der Waals surface area contributed by atoms with Crippen molar-refractivity contribution in [2.24, 2.45) is 5.92 Å². The Hall–Kier alpha value is -0.930. The first kappa shape index (κ1) is 13.5. The number of hydrogen-bond acceptors (Lipinski definition) is 3. The zero-order valence-corrected chi connectivity index (χ0v) is 11.7. The van der Waals surface area contributed by atoms with E-state index in [0.29, 0.717) is 16.7 Å². The van der Waals surface area contributed by atoms with Gasteiger partial charge in [0.05, 0.1) is 7.11 Å². The standard InChI is InChI=1S/C14H20ClNO2/c1-3-12(10-6-7-16-9-10)18-13-5-4-11(15)8-14(13)17-2/h4-5,8,10,12,16H,3,6-7,9H2,1-2H3/t10-,12-/m0/s1. The second kappa shape index (κ2) is 6.30. The van der Waals surface area contributed by atoms with E-state index in [9.17, 15) is 0 Å². The second-order valence-electron chi connectivity index (χ2n) is 4.61. The summed E-state index contributed by atoms with van der Waals surface area (Å²) in [5.74, 6) is 2.06. The Kier molecular flexibility index (Phi) is 4.72. The molecule has 0 saturated carbocycles. The van der Waals surface area contributed by atoms with Gasteiger partial charge in [-0.1, -0.05) is 18.5 Å². The molecule has 0 amide bonds. The lowest BCUT2D eigenvalue weighted by molar-refractivity contribution is 0.133. The molecule has 0 aliphatic carbocycles. The minimum absolute atomic E-state index is 0.232. The number of rotatable bonds is 5. The number of ether oxygens (including phenoxy) is 2. The SMILES string of the molecule is CC[C@H](Oc1ccc(Cl)cc1OC)[C@H]1CCNC1. The fourth-order valence-electron chi connectivity index (χ4n) is 2.41. The minimum Gasteiger partial charge on any atom is -0.493 e. The summed E-state index contributed by atoms with van der Waals surface area (Å²) >= 11 is 5.95. The molecule has 1 aromatic rings. The molecule has 0 radical (unpaired) electrons. The van der Waals surface area contributed by atoms with Gasteiger partial charge in [-0.05, 0) is 31.5 Å². The molecule has 0 spiro atoms. The van der Waals surface area contributed by atoms with E-state index >= 15 is 0 Å². The zero-order chi connectivity index (χ0) is 13.0. The Labute approximate surface area is 113 Å². The van der Waals surface area contributed by atoms with Crippen LogP contribution in [0.2, 0.25) is 5.02 Å². The quantitative estimate of drug-likeness (QED) is 0.891. The van der Waals surface area contributed by atoms with Gasteiger partial charge in [0.15, 0.2) is 11.5 Å². The highest BCUT2D eigenvalue weighted by Gasteiger charge is 2.25. The maximum absolute atomic E-state index is 6.10. The van der Waals surface area contributed by atoms with E-state index in [1.54, 1.807) is 13.2 Å². The molecule has 4 heteroatoms. The lowest BCUT2D eigenvalue weighted by Crippen LogP contribution is -2.28. The summed E-state index contributed by atoms with van der Waals surface area (Å²) in [6, 6.07) is 5.50. The van der Waals surface area contributed by atoms with Gasteiger partial charge in [-0.25, -0.2) is 0 Å². The normalized spacial score (nSPS) is 20.7. The highest BCUT2D eigenvalue weighted by atomic mass is 35.5. The molecule has 1 aromatic carbocycles. The Morgan fingerprint density at radius 2 is 2.28 bits per heavy atom. The molecule has 0 unspecified atom stereocenters. The largest absolute Gasteiger partial charge is 0.493 e. The average Bonchev–Trinajstić information content (AvgIpc) is 2.91. The molecule has 1 aliphatic rings. The van der Waals surface area contributed by atoms with Crippen molar-refractivity contribution in [3.63, 3.8) is 0 Å². The Morgan fingerprint density at radius 1 is 1.44 bits per heavy atom. The summed E-state index contributed by atoms with van der Waals surface area (Å²) in [5.41, 5.74) is 0. The summed E-state index contributed by atoms with van der Waals surface area (Å²) in [4.78, 5) is 0. The molecular weight excluding hydrogens is 250 g/mol. The summed E-state index contributed by atoms with van der Waals surface area (Å²) in [7, 11) is 1.64. The van der Waals surface area contributed by atoms with E-state index in [0.717, 1.165) is 25.3 Å². The molecule has 2 rings (SSSR count). The smallest absolute Gasteiger partial charge is 0.162 e. The third-order valence-corrected chi connectivity index (χ3v) is 3.67. The lowest BCUT2D eigenvalue weighted by Gasteiger charge is -2.24. The van der Waals surface area contributed by atoms with Crippen LogP contribution in [0.25, 0.3) is 0 Å². The monoisotopic (exact) mass is 269 g/mol. The molecule has 1 aliphatic heterocycles.